The number of carbonyl (C=O) groups excluding carboxylic acids is 1. The van der Waals surface area contributed by atoms with Crippen molar-refractivity contribution >= 4 is 17.7 Å². The van der Waals surface area contributed by atoms with Crippen LogP contribution in [0.5, 0.6) is 0 Å². The zero-order valence-electron chi connectivity index (χ0n) is 11.2. The Bertz CT molecular complexity index is 520. The maximum Gasteiger partial charge on any atom is 0.412 e. The molecule has 19 heavy (non-hydrogen) atoms. The van der Waals surface area contributed by atoms with Gasteiger partial charge in [-0.1, -0.05) is 6.07 Å². The molecule has 1 amide bonds. The average molecular weight is 269 g/mol. The summed E-state index contributed by atoms with van der Waals surface area (Å²) >= 11 is 0. The summed E-state index contributed by atoms with van der Waals surface area (Å²) < 4.78 is 18.6. The Morgan fingerprint density at radius 3 is 2.37 bits per heavy atom. The minimum atomic E-state index is -1.32. The Hall–Kier alpha value is -2.11. The molecule has 1 aromatic carbocycles. The fraction of sp³-hybridized carbons (Fsp3) is 0.385. The highest BCUT2D eigenvalue weighted by atomic mass is 19.1. The third-order valence-corrected chi connectivity index (χ3v) is 2.20. The summed E-state index contributed by atoms with van der Waals surface area (Å²) in [6.45, 7) is 6.47. The van der Waals surface area contributed by atoms with Gasteiger partial charge in [-0.15, -0.1) is 0 Å². The van der Waals surface area contributed by atoms with Gasteiger partial charge in [0.25, 0.3) is 0 Å². The van der Waals surface area contributed by atoms with Crippen LogP contribution >= 0.6 is 0 Å². The Balaban J connectivity index is 3.10. The number of ether oxygens (including phenoxy) is 1. The van der Waals surface area contributed by atoms with E-state index < -0.39 is 23.5 Å². The summed E-state index contributed by atoms with van der Waals surface area (Å²) in [5.74, 6) is -2.14. The Morgan fingerprint density at radius 1 is 1.32 bits per heavy atom. The number of carboxylic acids is 1. The molecule has 104 valence electrons. The molecule has 0 saturated carbocycles. The topological polar surface area (TPSA) is 75.6 Å². The fourth-order valence-electron chi connectivity index (χ4n) is 1.48. The molecule has 0 aliphatic heterocycles. The molecule has 1 aromatic rings. The number of anilines is 1. The van der Waals surface area contributed by atoms with Gasteiger partial charge in [0.2, 0.25) is 0 Å². The van der Waals surface area contributed by atoms with Crippen molar-refractivity contribution in [3.8, 4) is 0 Å². The highest BCUT2D eigenvalue weighted by Gasteiger charge is 2.22. The van der Waals surface area contributed by atoms with E-state index in [-0.39, 0.29) is 11.3 Å². The number of hydrogen-bond acceptors (Lipinski definition) is 3. The summed E-state index contributed by atoms with van der Waals surface area (Å²) in [5, 5.41) is 11.2. The van der Waals surface area contributed by atoms with Gasteiger partial charge >= 0.3 is 12.1 Å². The predicted molar refractivity (Wildman–Crippen MR) is 68.0 cm³/mol. The maximum absolute atomic E-state index is 13.7. The predicted octanol–water partition coefficient (Wildman–Crippen LogP) is 3.18. The molecule has 0 unspecified atom stereocenters. The lowest BCUT2D eigenvalue weighted by Crippen LogP contribution is -2.28. The number of carboxylic acid groups (broad SMARTS) is 1. The number of aryl methyl sites for hydroxylation is 1. The monoisotopic (exact) mass is 269 g/mol. The lowest BCUT2D eigenvalue weighted by atomic mass is 10.1. The smallest absolute Gasteiger partial charge is 0.412 e. The molecule has 2 N–H and O–H groups in total. The van der Waals surface area contributed by atoms with Gasteiger partial charge in [0.05, 0.1) is 11.3 Å². The molecule has 0 atom stereocenters. The summed E-state index contributed by atoms with van der Waals surface area (Å²) in [5.41, 5.74) is -1.08. The Kier molecular flexibility index (Phi) is 4.14. The number of hydrogen-bond donors (Lipinski definition) is 2. The van der Waals surface area contributed by atoms with Crippen LogP contribution < -0.4 is 5.32 Å². The lowest BCUT2D eigenvalue weighted by molar-refractivity contribution is 0.0635. The van der Waals surface area contributed by atoms with E-state index >= 15 is 0 Å². The van der Waals surface area contributed by atoms with Gasteiger partial charge < -0.3 is 9.84 Å². The first kappa shape index (κ1) is 14.9. The van der Waals surface area contributed by atoms with Crippen LogP contribution in [0.2, 0.25) is 0 Å². The highest BCUT2D eigenvalue weighted by Crippen LogP contribution is 2.24. The van der Waals surface area contributed by atoms with E-state index in [1.807, 2.05) is 0 Å². The van der Waals surface area contributed by atoms with Crippen molar-refractivity contribution in [1.29, 1.82) is 0 Å². The van der Waals surface area contributed by atoms with Gasteiger partial charge in [0.1, 0.15) is 11.4 Å². The molecule has 6 heteroatoms. The standard InChI is InChI=1S/C13H16FNO4/c1-7-5-6-8(14)10(9(7)11(16)17)15-12(18)19-13(2,3)4/h5-6H,1-4H3,(H,15,18)(H,16,17). The molecule has 0 aromatic heterocycles. The van der Waals surface area contributed by atoms with Crippen LogP contribution in [0.15, 0.2) is 12.1 Å². The number of aromatic carboxylic acids is 1. The van der Waals surface area contributed by atoms with Gasteiger partial charge in [-0.05, 0) is 39.3 Å². The molecular weight excluding hydrogens is 253 g/mol. The van der Waals surface area contributed by atoms with E-state index in [1.54, 1.807) is 20.8 Å². The van der Waals surface area contributed by atoms with Crippen molar-refractivity contribution in [2.45, 2.75) is 33.3 Å². The molecule has 0 radical (unpaired) electrons. The van der Waals surface area contributed by atoms with Crippen LogP contribution in [0.25, 0.3) is 0 Å². The van der Waals surface area contributed by atoms with Gasteiger partial charge in [0, 0.05) is 0 Å². The number of carbonyl (C=O) groups is 2. The zero-order chi connectivity index (χ0) is 14.8. The summed E-state index contributed by atoms with van der Waals surface area (Å²) in [6, 6.07) is 2.42. The van der Waals surface area contributed by atoms with E-state index in [2.05, 4.69) is 5.32 Å². The quantitative estimate of drug-likeness (QED) is 0.864. The molecular formula is C13H16FNO4. The molecule has 0 heterocycles. The van der Waals surface area contributed by atoms with E-state index in [0.29, 0.717) is 5.56 Å². The SMILES string of the molecule is Cc1ccc(F)c(NC(=O)OC(C)(C)C)c1C(=O)O. The Morgan fingerprint density at radius 2 is 1.89 bits per heavy atom. The van der Waals surface area contributed by atoms with Crippen molar-refractivity contribution in [2.75, 3.05) is 5.32 Å². The van der Waals surface area contributed by atoms with Gasteiger partial charge in [0.15, 0.2) is 0 Å². The number of halogens is 1. The van der Waals surface area contributed by atoms with E-state index in [9.17, 15) is 14.0 Å². The number of amides is 1. The molecule has 0 aliphatic carbocycles. The van der Waals surface area contributed by atoms with E-state index in [4.69, 9.17) is 9.84 Å². The second-order valence-corrected chi connectivity index (χ2v) is 5.05. The Labute approximate surface area is 110 Å². The second kappa shape index (κ2) is 5.26. The van der Waals surface area contributed by atoms with Crippen molar-refractivity contribution in [3.63, 3.8) is 0 Å². The highest BCUT2D eigenvalue weighted by molar-refractivity contribution is 6.00. The minimum Gasteiger partial charge on any atom is -0.478 e. The van der Waals surface area contributed by atoms with Crippen molar-refractivity contribution in [2.24, 2.45) is 0 Å². The number of rotatable bonds is 2. The van der Waals surface area contributed by atoms with Crippen LogP contribution in [0.1, 0.15) is 36.7 Å². The van der Waals surface area contributed by atoms with Crippen molar-refractivity contribution < 1.29 is 23.8 Å². The minimum absolute atomic E-state index is 0.286. The van der Waals surface area contributed by atoms with E-state index in [1.165, 1.54) is 13.0 Å². The average Bonchev–Trinajstić information content (AvgIpc) is 2.20. The largest absolute Gasteiger partial charge is 0.478 e. The third kappa shape index (κ3) is 3.94. The summed E-state index contributed by atoms with van der Waals surface area (Å²) in [7, 11) is 0. The van der Waals surface area contributed by atoms with Crippen LogP contribution in [0.3, 0.4) is 0 Å². The molecule has 5 nitrogen and oxygen atoms in total. The van der Waals surface area contributed by atoms with Crippen molar-refractivity contribution in [3.05, 3.63) is 29.1 Å². The van der Waals surface area contributed by atoms with Crippen LogP contribution in [0, 0.1) is 12.7 Å². The van der Waals surface area contributed by atoms with Gasteiger partial charge in [-0.25, -0.2) is 14.0 Å². The van der Waals surface area contributed by atoms with Crippen molar-refractivity contribution in [1.82, 2.24) is 0 Å². The molecule has 1 rings (SSSR count). The normalized spacial score (nSPS) is 11.0. The molecule has 0 bridgehead atoms. The number of benzene rings is 1. The third-order valence-electron chi connectivity index (χ3n) is 2.20. The van der Waals surface area contributed by atoms with Crippen LogP contribution in [-0.2, 0) is 4.74 Å². The fourth-order valence-corrected chi connectivity index (χ4v) is 1.48. The molecule has 0 spiro atoms. The first-order valence-corrected chi connectivity index (χ1v) is 5.64. The van der Waals surface area contributed by atoms with Crippen LogP contribution in [-0.4, -0.2) is 22.8 Å². The van der Waals surface area contributed by atoms with Crippen LogP contribution in [0.4, 0.5) is 14.9 Å². The maximum atomic E-state index is 13.7. The summed E-state index contributed by atoms with van der Waals surface area (Å²) in [6.07, 6.45) is -0.903. The summed E-state index contributed by atoms with van der Waals surface area (Å²) in [4.78, 5) is 22.7. The number of nitrogens with one attached hydrogen (secondary N) is 1. The van der Waals surface area contributed by atoms with E-state index in [0.717, 1.165) is 6.07 Å². The van der Waals surface area contributed by atoms with Gasteiger partial charge in [-0.3, -0.25) is 5.32 Å². The molecule has 0 fully saturated rings. The molecule has 0 saturated heterocycles. The zero-order valence-corrected chi connectivity index (χ0v) is 11.2. The lowest BCUT2D eigenvalue weighted by Gasteiger charge is -2.20. The first-order chi connectivity index (χ1) is 8.61. The second-order valence-electron chi connectivity index (χ2n) is 5.05. The first-order valence-electron chi connectivity index (χ1n) is 5.64. The van der Waals surface area contributed by atoms with Gasteiger partial charge in [-0.2, -0.15) is 0 Å². The molecule has 0 aliphatic rings.